The van der Waals surface area contributed by atoms with Crippen LogP contribution in [0.5, 0.6) is 11.5 Å². The van der Waals surface area contributed by atoms with Gasteiger partial charge < -0.3 is 15.4 Å². The Morgan fingerprint density at radius 2 is 1.80 bits per heavy atom. The number of hydrogen-bond acceptors (Lipinski definition) is 5. The van der Waals surface area contributed by atoms with E-state index in [4.69, 9.17) is 16.3 Å². The molecule has 2 aromatic carbocycles. The second-order valence-electron chi connectivity index (χ2n) is 6.25. The summed E-state index contributed by atoms with van der Waals surface area (Å²) in [4.78, 5) is 27.8. The standard InChI is InChI=1S/C21H20ClN5O3/c1-13-6-7-14(11-18(13)22)25-21(29)27-26-15-4-3-5-16(10-15)30-17-8-9-24-19(12-17)20(28)23-2/h3-12,26H,1-2H3,(H,23,28)(H2,25,27,29). The summed E-state index contributed by atoms with van der Waals surface area (Å²) in [5.74, 6) is 0.672. The van der Waals surface area contributed by atoms with Crippen molar-refractivity contribution in [3.8, 4) is 11.5 Å². The number of benzene rings is 2. The van der Waals surface area contributed by atoms with E-state index in [1.165, 1.54) is 19.3 Å². The molecule has 1 aromatic heterocycles. The van der Waals surface area contributed by atoms with Crippen LogP contribution in [0.25, 0.3) is 0 Å². The van der Waals surface area contributed by atoms with E-state index >= 15 is 0 Å². The molecule has 0 bridgehead atoms. The van der Waals surface area contributed by atoms with Crippen LogP contribution in [0.2, 0.25) is 5.02 Å². The number of urea groups is 1. The fourth-order valence-electron chi connectivity index (χ4n) is 2.46. The number of rotatable bonds is 6. The number of aromatic nitrogens is 1. The highest BCUT2D eigenvalue weighted by Crippen LogP contribution is 2.24. The third-order valence-corrected chi connectivity index (χ3v) is 4.42. The van der Waals surface area contributed by atoms with Gasteiger partial charge in [-0.1, -0.05) is 23.7 Å². The van der Waals surface area contributed by atoms with Gasteiger partial charge in [0, 0.05) is 36.1 Å². The first-order valence-corrected chi connectivity index (χ1v) is 9.37. The monoisotopic (exact) mass is 425 g/mol. The molecule has 0 aliphatic carbocycles. The van der Waals surface area contributed by atoms with Crippen LogP contribution in [0.1, 0.15) is 16.1 Å². The zero-order valence-corrected chi connectivity index (χ0v) is 17.1. The first-order valence-electron chi connectivity index (χ1n) is 9.00. The highest BCUT2D eigenvalue weighted by Gasteiger charge is 2.08. The van der Waals surface area contributed by atoms with Crippen molar-refractivity contribution in [3.63, 3.8) is 0 Å². The Hall–Kier alpha value is -3.78. The van der Waals surface area contributed by atoms with Crippen molar-refractivity contribution in [2.75, 3.05) is 17.8 Å². The number of amides is 3. The molecule has 0 unspecified atom stereocenters. The fourth-order valence-corrected chi connectivity index (χ4v) is 2.64. The molecule has 0 radical (unpaired) electrons. The summed E-state index contributed by atoms with van der Waals surface area (Å²) >= 11 is 6.06. The van der Waals surface area contributed by atoms with Crippen molar-refractivity contribution in [2.45, 2.75) is 6.92 Å². The molecule has 4 N–H and O–H groups in total. The molecule has 0 spiro atoms. The maximum atomic E-state index is 12.1. The molecule has 3 aromatic rings. The summed E-state index contributed by atoms with van der Waals surface area (Å²) in [6.07, 6.45) is 1.49. The largest absolute Gasteiger partial charge is 0.457 e. The van der Waals surface area contributed by atoms with Crippen molar-refractivity contribution in [1.29, 1.82) is 0 Å². The lowest BCUT2D eigenvalue weighted by Crippen LogP contribution is -2.33. The molecule has 0 aliphatic heterocycles. The van der Waals surface area contributed by atoms with Gasteiger partial charge in [-0.25, -0.2) is 4.79 Å². The highest BCUT2D eigenvalue weighted by atomic mass is 35.5. The third kappa shape index (κ3) is 5.62. The minimum atomic E-state index is -0.453. The van der Waals surface area contributed by atoms with E-state index in [1.54, 1.807) is 42.5 Å². The number of aryl methyl sites for hydroxylation is 1. The molecule has 0 atom stereocenters. The molecule has 8 nitrogen and oxygen atoms in total. The first kappa shape index (κ1) is 20.9. The Labute approximate surface area is 178 Å². The SMILES string of the molecule is CNC(=O)c1cc(Oc2cccc(NNC(=O)Nc3ccc(C)c(Cl)c3)c2)ccn1. The zero-order valence-electron chi connectivity index (χ0n) is 16.3. The molecule has 3 rings (SSSR count). The number of nitrogens with zero attached hydrogens (tertiary/aromatic N) is 1. The predicted octanol–water partition coefficient (Wildman–Crippen LogP) is 4.34. The summed E-state index contributed by atoms with van der Waals surface area (Å²) in [5.41, 5.74) is 7.70. The first-order chi connectivity index (χ1) is 14.4. The molecule has 0 aliphatic rings. The number of ether oxygens (including phenoxy) is 1. The molecule has 30 heavy (non-hydrogen) atoms. The van der Waals surface area contributed by atoms with E-state index in [9.17, 15) is 9.59 Å². The second-order valence-corrected chi connectivity index (χ2v) is 6.66. The number of carbonyl (C=O) groups is 2. The quantitative estimate of drug-likeness (QED) is 0.440. The van der Waals surface area contributed by atoms with Gasteiger partial charge >= 0.3 is 6.03 Å². The van der Waals surface area contributed by atoms with Crippen molar-refractivity contribution in [1.82, 2.24) is 15.7 Å². The van der Waals surface area contributed by atoms with E-state index in [0.29, 0.717) is 27.9 Å². The van der Waals surface area contributed by atoms with Crippen LogP contribution in [0.4, 0.5) is 16.2 Å². The fraction of sp³-hybridized carbons (Fsp3) is 0.0952. The summed E-state index contributed by atoms with van der Waals surface area (Å²) in [6.45, 7) is 1.88. The lowest BCUT2D eigenvalue weighted by Gasteiger charge is -2.12. The summed E-state index contributed by atoms with van der Waals surface area (Å²) in [6, 6.07) is 15.0. The smallest absolute Gasteiger partial charge is 0.337 e. The van der Waals surface area contributed by atoms with Crippen molar-refractivity contribution < 1.29 is 14.3 Å². The number of nitrogens with one attached hydrogen (secondary N) is 4. The summed E-state index contributed by atoms with van der Waals surface area (Å²) in [5, 5.41) is 5.77. The van der Waals surface area contributed by atoms with Crippen LogP contribution >= 0.6 is 11.6 Å². The number of hydrazine groups is 1. The maximum Gasteiger partial charge on any atom is 0.337 e. The lowest BCUT2D eigenvalue weighted by atomic mass is 10.2. The number of pyridine rings is 1. The van der Waals surface area contributed by atoms with Crippen LogP contribution in [0, 0.1) is 6.92 Å². The number of halogens is 1. The van der Waals surface area contributed by atoms with Crippen LogP contribution < -0.4 is 26.2 Å². The minimum Gasteiger partial charge on any atom is -0.457 e. The Kier molecular flexibility index (Phi) is 6.71. The molecular formula is C21H20ClN5O3. The van der Waals surface area contributed by atoms with Crippen molar-refractivity contribution in [2.24, 2.45) is 0 Å². The lowest BCUT2D eigenvalue weighted by molar-refractivity contribution is 0.0958. The molecule has 154 valence electrons. The molecule has 3 amide bonds. The summed E-state index contributed by atoms with van der Waals surface area (Å²) in [7, 11) is 1.53. The van der Waals surface area contributed by atoms with Crippen LogP contribution in [0.3, 0.4) is 0 Å². The topological polar surface area (TPSA) is 104 Å². The van der Waals surface area contributed by atoms with Gasteiger partial charge in [-0.3, -0.25) is 20.6 Å². The highest BCUT2D eigenvalue weighted by molar-refractivity contribution is 6.31. The van der Waals surface area contributed by atoms with Crippen LogP contribution in [-0.2, 0) is 0 Å². The Balaban J connectivity index is 1.59. The third-order valence-electron chi connectivity index (χ3n) is 4.01. The Morgan fingerprint density at radius 3 is 2.57 bits per heavy atom. The van der Waals surface area contributed by atoms with E-state index in [0.717, 1.165) is 5.56 Å². The summed E-state index contributed by atoms with van der Waals surface area (Å²) < 4.78 is 5.78. The molecule has 0 fully saturated rings. The number of hydrogen-bond donors (Lipinski definition) is 4. The van der Waals surface area contributed by atoms with E-state index in [2.05, 4.69) is 26.5 Å². The number of carbonyl (C=O) groups excluding carboxylic acids is 2. The van der Waals surface area contributed by atoms with Crippen LogP contribution in [0.15, 0.2) is 60.8 Å². The second kappa shape index (κ2) is 9.62. The minimum absolute atomic E-state index is 0.249. The van der Waals surface area contributed by atoms with Gasteiger partial charge in [0.2, 0.25) is 0 Å². The molecule has 9 heteroatoms. The van der Waals surface area contributed by atoms with Crippen molar-refractivity contribution in [3.05, 3.63) is 77.1 Å². The predicted molar refractivity (Wildman–Crippen MR) is 116 cm³/mol. The van der Waals surface area contributed by atoms with Crippen LogP contribution in [-0.4, -0.2) is 24.0 Å². The van der Waals surface area contributed by atoms with Gasteiger partial charge in [-0.15, -0.1) is 0 Å². The normalized spacial score (nSPS) is 10.1. The molecular weight excluding hydrogens is 406 g/mol. The van der Waals surface area contributed by atoms with Crippen molar-refractivity contribution >= 4 is 34.9 Å². The van der Waals surface area contributed by atoms with E-state index in [-0.39, 0.29) is 11.6 Å². The number of anilines is 2. The maximum absolute atomic E-state index is 12.1. The van der Waals surface area contributed by atoms with Gasteiger partial charge in [0.1, 0.15) is 17.2 Å². The zero-order chi connectivity index (χ0) is 21.5. The van der Waals surface area contributed by atoms with E-state index < -0.39 is 6.03 Å². The van der Waals surface area contributed by atoms with Gasteiger partial charge in [-0.05, 0) is 42.8 Å². The van der Waals surface area contributed by atoms with Gasteiger partial charge in [-0.2, -0.15) is 0 Å². The molecule has 0 saturated carbocycles. The average molecular weight is 426 g/mol. The molecule has 0 saturated heterocycles. The van der Waals surface area contributed by atoms with Gasteiger partial charge in [0.15, 0.2) is 0 Å². The molecule has 1 heterocycles. The average Bonchev–Trinajstić information content (AvgIpc) is 2.75. The van der Waals surface area contributed by atoms with E-state index in [1.807, 2.05) is 13.0 Å². The Bertz CT molecular complexity index is 1070. The van der Waals surface area contributed by atoms with Gasteiger partial charge in [0.25, 0.3) is 5.91 Å². The Morgan fingerprint density at radius 1 is 1.00 bits per heavy atom. The van der Waals surface area contributed by atoms with Gasteiger partial charge in [0.05, 0.1) is 5.69 Å².